The van der Waals surface area contributed by atoms with Crippen LogP contribution < -0.4 is 10.1 Å². The van der Waals surface area contributed by atoms with E-state index in [0.717, 1.165) is 22.7 Å². The number of ketones is 1. The predicted octanol–water partition coefficient (Wildman–Crippen LogP) is 2.91. The van der Waals surface area contributed by atoms with Gasteiger partial charge in [-0.2, -0.15) is 0 Å². The highest BCUT2D eigenvalue weighted by Crippen LogP contribution is 2.28. The zero-order chi connectivity index (χ0) is 12.1. The van der Waals surface area contributed by atoms with Crippen molar-refractivity contribution in [1.82, 2.24) is 0 Å². The second-order valence-electron chi connectivity index (χ2n) is 3.72. The van der Waals surface area contributed by atoms with Crippen LogP contribution in [0.2, 0.25) is 0 Å². The Morgan fingerprint density at radius 2 is 2.06 bits per heavy atom. The van der Waals surface area contributed by atoms with Crippen LogP contribution in [0.4, 0.5) is 5.69 Å². The molecule has 1 N–H and O–H groups in total. The predicted molar refractivity (Wildman–Crippen MR) is 65.8 cm³/mol. The molecule has 16 heavy (non-hydrogen) atoms. The number of anilines is 1. The van der Waals surface area contributed by atoms with E-state index in [1.807, 2.05) is 32.0 Å². The molecule has 1 aromatic rings. The molecule has 0 aliphatic heterocycles. The molecule has 0 heterocycles. The molecule has 1 aromatic carbocycles. The molecule has 3 nitrogen and oxygen atoms in total. The molecule has 0 aliphatic carbocycles. The first-order chi connectivity index (χ1) is 7.54. The van der Waals surface area contributed by atoms with Crippen LogP contribution in [0.5, 0.6) is 5.75 Å². The molecule has 0 unspecified atom stereocenters. The lowest BCUT2D eigenvalue weighted by atomic mass is 10.1. The van der Waals surface area contributed by atoms with E-state index in [9.17, 15) is 4.79 Å². The Balaban J connectivity index is 3.00. The number of ether oxygens (including phenoxy) is 1. The summed E-state index contributed by atoms with van der Waals surface area (Å²) >= 11 is 0. The average molecular weight is 219 g/mol. The molecule has 0 saturated carbocycles. The van der Waals surface area contributed by atoms with Crippen LogP contribution in [0, 0.1) is 6.92 Å². The number of methoxy groups -OCH3 is 1. The van der Waals surface area contributed by atoms with E-state index in [4.69, 9.17) is 4.74 Å². The van der Waals surface area contributed by atoms with Gasteiger partial charge in [-0.1, -0.05) is 12.1 Å². The number of para-hydroxylation sites is 1. The monoisotopic (exact) mass is 219 g/mol. The first-order valence-electron chi connectivity index (χ1n) is 5.14. The van der Waals surface area contributed by atoms with Crippen LogP contribution in [0.25, 0.3) is 0 Å². The average Bonchev–Trinajstić information content (AvgIpc) is 2.20. The standard InChI is InChI=1S/C13H17NO2/c1-9-6-5-7-12(16-4)13(9)14-10(2)8-11(3)15/h5-8,14H,1-4H3/b10-8-. The zero-order valence-electron chi connectivity index (χ0n) is 10.1. The van der Waals surface area contributed by atoms with Gasteiger partial charge >= 0.3 is 0 Å². The lowest BCUT2D eigenvalue weighted by molar-refractivity contribution is -0.112. The second-order valence-corrected chi connectivity index (χ2v) is 3.72. The highest BCUT2D eigenvalue weighted by atomic mass is 16.5. The number of nitrogens with one attached hydrogen (secondary N) is 1. The van der Waals surface area contributed by atoms with E-state index in [2.05, 4.69) is 5.32 Å². The Kier molecular flexibility index (Phi) is 4.11. The Morgan fingerprint density at radius 3 is 2.62 bits per heavy atom. The first-order valence-corrected chi connectivity index (χ1v) is 5.14. The fourth-order valence-corrected chi connectivity index (χ4v) is 1.51. The number of hydrogen-bond donors (Lipinski definition) is 1. The van der Waals surface area contributed by atoms with Crippen LogP contribution in [-0.4, -0.2) is 12.9 Å². The Morgan fingerprint density at radius 1 is 1.38 bits per heavy atom. The number of rotatable bonds is 4. The topological polar surface area (TPSA) is 38.3 Å². The minimum absolute atomic E-state index is 0.0255. The molecule has 0 radical (unpaired) electrons. The summed E-state index contributed by atoms with van der Waals surface area (Å²) in [5.74, 6) is 0.800. The number of allylic oxidation sites excluding steroid dienone is 2. The maximum atomic E-state index is 10.9. The van der Waals surface area contributed by atoms with Crippen molar-refractivity contribution in [2.45, 2.75) is 20.8 Å². The molecular weight excluding hydrogens is 202 g/mol. The first kappa shape index (κ1) is 12.3. The number of carbonyl (C=O) groups is 1. The molecule has 0 saturated heterocycles. The van der Waals surface area contributed by atoms with E-state index < -0.39 is 0 Å². The third-order valence-corrected chi connectivity index (χ3v) is 2.20. The molecule has 1 rings (SSSR count). The maximum absolute atomic E-state index is 10.9. The normalized spacial score (nSPS) is 11.1. The summed E-state index contributed by atoms with van der Waals surface area (Å²) in [5, 5.41) is 3.18. The SMILES string of the molecule is COc1cccc(C)c1N/C(C)=C\C(C)=O. The van der Waals surface area contributed by atoms with Crippen molar-refractivity contribution in [2.75, 3.05) is 12.4 Å². The molecule has 0 aromatic heterocycles. The smallest absolute Gasteiger partial charge is 0.154 e. The van der Waals surface area contributed by atoms with Gasteiger partial charge in [0.05, 0.1) is 12.8 Å². The van der Waals surface area contributed by atoms with E-state index in [-0.39, 0.29) is 5.78 Å². The van der Waals surface area contributed by atoms with Crippen molar-refractivity contribution in [1.29, 1.82) is 0 Å². The van der Waals surface area contributed by atoms with E-state index in [0.29, 0.717) is 0 Å². The number of aryl methyl sites for hydroxylation is 1. The lowest BCUT2D eigenvalue weighted by Crippen LogP contribution is -2.02. The molecule has 0 aliphatic rings. The Bertz CT molecular complexity index is 422. The summed E-state index contributed by atoms with van der Waals surface area (Å²) in [6.45, 7) is 5.37. The van der Waals surface area contributed by atoms with Gasteiger partial charge < -0.3 is 10.1 Å². The minimum Gasteiger partial charge on any atom is -0.495 e. The maximum Gasteiger partial charge on any atom is 0.154 e. The molecule has 0 bridgehead atoms. The van der Waals surface area contributed by atoms with E-state index in [1.54, 1.807) is 13.2 Å². The quantitative estimate of drug-likeness (QED) is 0.791. The summed E-state index contributed by atoms with van der Waals surface area (Å²) in [6, 6.07) is 5.81. The van der Waals surface area contributed by atoms with E-state index >= 15 is 0 Å². The van der Waals surface area contributed by atoms with Gasteiger partial charge in [-0.15, -0.1) is 0 Å². The van der Waals surface area contributed by atoms with Crippen molar-refractivity contribution in [2.24, 2.45) is 0 Å². The summed E-state index contributed by atoms with van der Waals surface area (Å²) in [4.78, 5) is 10.9. The lowest BCUT2D eigenvalue weighted by Gasteiger charge is -2.13. The molecule has 3 heteroatoms. The summed E-state index contributed by atoms with van der Waals surface area (Å²) in [6.07, 6.45) is 1.56. The molecule has 0 spiro atoms. The Hall–Kier alpha value is -1.77. The molecule has 0 amide bonds. The van der Waals surface area contributed by atoms with Gasteiger partial charge in [-0.3, -0.25) is 4.79 Å². The summed E-state index contributed by atoms with van der Waals surface area (Å²) in [5.41, 5.74) is 2.79. The van der Waals surface area contributed by atoms with Crippen molar-refractivity contribution in [3.63, 3.8) is 0 Å². The molecular formula is C13H17NO2. The number of benzene rings is 1. The van der Waals surface area contributed by atoms with Crippen molar-refractivity contribution >= 4 is 11.5 Å². The highest BCUT2D eigenvalue weighted by Gasteiger charge is 2.05. The largest absolute Gasteiger partial charge is 0.495 e. The molecule has 0 atom stereocenters. The van der Waals surface area contributed by atoms with Crippen LogP contribution in [0.3, 0.4) is 0 Å². The molecule has 86 valence electrons. The van der Waals surface area contributed by atoms with Gasteiger partial charge in [0, 0.05) is 5.70 Å². The van der Waals surface area contributed by atoms with Crippen LogP contribution in [-0.2, 0) is 4.79 Å². The number of hydrogen-bond acceptors (Lipinski definition) is 3. The van der Waals surface area contributed by atoms with Crippen LogP contribution in [0.1, 0.15) is 19.4 Å². The Labute approximate surface area is 96.1 Å². The third kappa shape index (κ3) is 3.12. The zero-order valence-corrected chi connectivity index (χ0v) is 10.1. The van der Waals surface area contributed by atoms with Gasteiger partial charge in [0.25, 0.3) is 0 Å². The van der Waals surface area contributed by atoms with E-state index in [1.165, 1.54) is 6.92 Å². The van der Waals surface area contributed by atoms with Crippen molar-refractivity contribution in [3.8, 4) is 5.75 Å². The van der Waals surface area contributed by atoms with Gasteiger partial charge in [0.2, 0.25) is 0 Å². The summed E-state index contributed by atoms with van der Waals surface area (Å²) in [7, 11) is 1.63. The van der Waals surface area contributed by atoms with Crippen LogP contribution >= 0.6 is 0 Å². The third-order valence-electron chi connectivity index (χ3n) is 2.20. The highest BCUT2D eigenvalue weighted by molar-refractivity contribution is 5.88. The minimum atomic E-state index is 0.0255. The fraction of sp³-hybridized carbons (Fsp3) is 0.308. The van der Waals surface area contributed by atoms with Crippen molar-refractivity contribution in [3.05, 3.63) is 35.5 Å². The fourth-order valence-electron chi connectivity index (χ4n) is 1.51. The van der Waals surface area contributed by atoms with Gasteiger partial charge in [-0.05, 0) is 38.5 Å². The summed E-state index contributed by atoms with van der Waals surface area (Å²) < 4.78 is 5.26. The van der Waals surface area contributed by atoms with Crippen molar-refractivity contribution < 1.29 is 9.53 Å². The number of carbonyl (C=O) groups excluding carboxylic acids is 1. The van der Waals surface area contributed by atoms with Crippen LogP contribution in [0.15, 0.2) is 30.0 Å². The molecule has 0 fully saturated rings. The van der Waals surface area contributed by atoms with Gasteiger partial charge in [0.15, 0.2) is 5.78 Å². The van der Waals surface area contributed by atoms with Gasteiger partial charge in [-0.25, -0.2) is 0 Å². The second kappa shape index (κ2) is 5.35. The van der Waals surface area contributed by atoms with Gasteiger partial charge in [0.1, 0.15) is 5.75 Å².